The summed E-state index contributed by atoms with van der Waals surface area (Å²) in [5, 5.41) is 12.0. The standard InChI is InChI=1S/C15H19BrN2O3/c16-12-6-4-5-11(18-12)14(21)17-10-15(9-13(19)20)7-2-1-3-8-15/h4-6H,1-3,7-10H2,(H,17,21)(H,19,20). The fourth-order valence-corrected chi connectivity index (χ4v) is 3.28. The Morgan fingerprint density at radius 3 is 2.62 bits per heavy atom. The summed E-state index contributed by atoms with van der Waals surface area (Å²) < 4.78 is 0.605. The van der Waals surface area contributed by atoms with E-state index in [-0.39, 0.29) is 17.7 Å². The van der Waals surface area contributed by atoms with Crippen LogP contribution in [-0.2, 0) is 4.79 Å². The summed E-state index contributed by atoms with van der Waals surface area (Å²) in [6.07, 6.45) is 5.01. The van der Waals surface area contributed by atoms with Crippen molar-refractivity contribution < 1.29 is 14.7 Å². The van der Waals surface area contributed by atoms with Gasteiger partial charge in [-0.3, -0.25) is 9.59 Å². The summed E-state index contributed by atoms with van der Waals surface area (Å²) in [5.74, 6) is -1.06. The van der Waals surface area contributed by atoms with Crippen molar-refractivity contribution >= 4 is 27.8 Å². The number of amides is 1. The van der Waals surface area contributed by atoms with E-state index in [0.29, 0.717) is 16.8 Å². The highest BCUT2D eigenvalue weighted by Crippen LogP contribution is 2.38. The number of carboxylic acids is 1. The lowest BCUT2D eigenvalue weighted by atomic mass is 9.71. The van der Waals surface area contributed by atoms with Gasteiger partial charge in [0, 0.05) is 6.54 Å². The third-order valence-corrected chi connectivity index (χ3v) is 4.45. The summed E-state index contributed by atoms with van der Waals surface area (Å²) >= 11 is 3.23. The zero-order valence-corrected chi connectivity index (χ0v) is 13.4. The first-order valence-corrected chi connectivity index (χ1v) is 7.93. The molecule has 1 aliphatic carbocycles. The number of aliphatic carboxylic acids is 1. The minimum absolute atomic E-state index is 0.110. The molecule has 1 aromatic heterocycles. The van der Waals surface area contributed by atoms with Crippen molar-refractivity contribution in [2.75, 3.05) is 6.54 Å². The highest BCUT2D eigenvalue weighted by atomic mass is 79.9. The highest BCUT2D eigenvalue weighted by Gasteiger charge is 2.34. The van der Waals surface area contributed by atoms with E-state index in [9.17, 15) is 9.59 Å². The fourth-order valence-electron chi connectivity index (χ4n) is 2.93. The molecule has 5 nitrogen and oxygen atoms in total. The van der Waals surface area contributed by atoms with Gasteiger partial charge >= 0.3 is 5.97 Å². The monoisotopic (exact) mass is 354 g/mol. The zero-order valence-electron chi connectivity index (χ0n) is 11.8. The van der Waals surface area contributed by atoms with Gasteiger partial charge in [-0.2, -0.15) is 0 Å². The number of nitrogens with one attached hydrogen (secondary N) is 1. The molecule has 0 aromatic carbocycles. The van der Waals surface area contributed by atoms with Crippen LogP contribution in [0.2, 0.25) is 0 Å². The molecule has 0 saturated heterocycles. The summed E-state index contributed by atoms with van der Waals surface area (Å²) in [6.45, 7) is 0.395. The first-order chi connectivity index (χ1) is 10.0. The molecule has 0 radical (unpaired) electrons. The highest BCUT2D eigenvalue weighted by molar-refractivity contribution is 9.10. The van der Waals surface area contributed by atoms with Crippen molar-refractivity contribution in [1.82, 2.24) is 10.3 Å². The van der Waals surface area contributed by atoms with Crippen molar-refractivity contribution in [3.8, 4) is 0 Å². The average molecular weight is 355 g/mol. The predicted octanol–water partition coefficient (Wildman–Crippen LogP) is 3.00. The van der Waals surface area contributed by atoms with Crippen LogP contribution in [0.3, 0.4) is 0 Å². The van der Waals surface area contributed by atoms with Crippen molar-refractivity contribution in [2.45, 2.75) is 38.5 Å². The van der Waals surface area contributed by atoms with Crippen molar-refractivity contribution in [3.05, 3.63) is 28.5 Å². The molecule has 0 atom stereocenters. The Morgan fingerprint density at radius 1 is 1.29 bits per heavy atom. The van der Waals surface area contributed by atoms with Gasteiger partial charge in [0.1, 0.15) is 10.3 Å². The summed E-state index contributed by atoms with van der Waals surface area (Å²) in [6, 6.07) is 5.15. The average Bonchev–Trinajstić information content (AvgIpc) is 2.45. The minimum atomic E-state index is -0.799. The number of nitrogens with zero attached hydrogens (tertiary/aromatic N) is 1. The topological polar surface area (TPSA) is 79.3 Å². The van der Waals surface area contributed by atoms with E-state index in [2.05, 4.69) is 26.2 Å². The Morgan fingerprint density at radius 2 is 2.00 bits per heavy atom. The predicted molar refractivity (Wildman–Crippen MR) is 82.0 cm³/mol. The number of aromatic nitrogens is 1. The lowest BCUT2D eigenvalue weighted by Gasteiger charge is -2.36. The van der Waals surface area contributed by atoms with Crippen molar-refractivity contribution in [1.29, 1.82) is 0 Å². The molecule has 0 unspecified atom stereocenters. The van der Waals surface area contributed by atoms with E-state index in [1.807, 2.05) is 0 Å². The molecular formula is C15H19BrN2O3. The molecule has 114 valence electrons. The van der Waals surface area contributed by atoms with Crippen LogP contribution in [0.1, 0.15) is 49.0 Å². The van der Waals surface area contributed by atoms with E-state index in [1.54, 1.807) is 18.2 Å². The van der Waals surface area contributed by atoms with E-state index in [4.69, 9.17) is 5.11 Å². The van der Waals surface area contributed by atoms with Gasteiger partial charge in [-0.15, -0.1) is 0 Å². The van der Waals surface area contributed by atoms with Crippen molar-refractivity contribution in [3.63, 3.8) is 0 Å². The Balaban J connectivity index is 2.01. The second-order valence-electron chi connectivity index (χ2n) is 5.66. The van der Waals surface area contributed by atoms with Gasteiger partial charge in [-0.1, -0.05) is 25.3 Å². The summed E-state index contributed by atoms with van der Waals surface area (Å²) in [7, 11) is 0. The molecule has 2 N–H and O–H groups in total. The molecule has 1 aliphatic rings. The molecule has 1 heterocycles. The van der Waals surface area contributed by atoms with Crippen molar-refractivity contribution in [2.24, 2.45) is 5.41 Å². The molecular weight excluding hydrogens is 336 g/mol. The molecule has 1 saturated carbocycles. The molecule has 0 bridgehead atoms. The number of carbonyl (C=O) groups is 2. The fraction of sp³-hybridized carbons (Fsp3) is 0.533. The quantitative estimate of drug-likeness (QED) is 0.796. The van der Waals surface area contributed by atoms with Gasteiger partial charge in [0.25, 0.3) is 5.91 Å². The van der Waals surface area contributed by atoms with Crippen LogP contribution >= 0.6 is 15.9 Å². The third-order valence-electron chi connectivity index (χ3n) is 4.01. The van der Waals surface area contributed by atoms with Gasteiger partial charge in [-0.25, -0.2) is 4.98 Å². The number of carbonyl (C=O) groups excluding carboxylic acids is 1. The maximum absolute atomic E-state index is 12.1. The van der Waals surface area contributed by atoms with Crippen LogP contribution in [0.15, 0.2) is 22.8 Å². The zero-order chi connectivity index (χ0) is 15.3. The van der Waals surface area contributed by atoms with Gasteiger partial charge < -0.3 is 10.4 Å². The number of carboxylic acid groups (broad SMARTS) is 1. The lowest BCUT2D eigenvalue weighted by molar-refractivity contribution is -0.140. The van der Waals surface area contributed by atoms with E-state index >= 15 is 0 Å². The number of hydrogen-bond acceptors (Lipinski definition) is 3. The molecule has 2 rings (SSSR count). The number of hydrogen-bond donors (Lipinski definition) is 2. The molecule has 1 fully saturated rings. The Kier molecular flexibility index (Phi) is 5.33. The van der Waals surface area contributed by atoms with Crippen LogP contribution < -0.4 is 5.32 Å². The Hall–Kier alpha value is -1.43. The number of rotatable bonds is 5. The second kappa shape index (κ2) is 7.02. The first-order valence-electron chi connectivity index (χ1n) is 7.13. The minimum Gasteiger partial charge on any atom is -0.481 e. The molecule has 0 spiro atoms. The number of halogens is 1. The van der Waals surface area contributed by atoms with Gasteiger partial charge in [0.2, 0.25) is 0 Å². The molecule has 1 aromatic rings. The van der Waals surface area contributed by atoms with E-state index < -0.39 is 5.97 Å². The smallest absolute Gasteiger partial charge is 0.303 e. The van der Waals surface area contributed by atoms with Gasteiger partial charge in [-0.05, 0) is 46.3 Å². The Bertz CT molecular complexity index is 527. The van der Waals surface area contributed by atoms with Crippen LogP contribution in [0, 0.1) is 5.41 Å². The Labute approximate surface area is 132 Å². The van der Waals surface area contributed by atoms with Gasteiger partial charge in [0.05, 0.1) is 6.42 Å². The maximum atomic E-state index is 12.1. The van der Waals surface area contributed by atoms with Crippen LogP contribution in [-0.4, -0.2) is 28.5 Å². The first kappa shape index (κ1) is 15.9. The molecule has 21 heavy (non-hydrogen) atoms. The SMILES string of the molecule is O=C(O)CC1(CNC(=O)c2cccc(Br)n2)CCCCC1. The maximum Gasteiger partial charge on any atom is 0.303 e. The van der Waals surface area contributed by atoms with Crippen LogP contribution in [0.25, 0.3) is 0 Å². The summed E-state index contributed by atoms with van der Waals surface area (Å²) in [4.78, 5) is 27.3. The largest absolute Gasteiger partial charge is 0.481 e. The van der Waals surface area contributed by atoms with E-state index in [0.717, 1.165) is 32.1 Å². The summed E-state index contributed by atoms with van der Waals surface area (Å²) in [5.41, 5.74) is 0.0248. The van der Waals surface area contributed by atoms with Crippen LogP contribution in [0.4, 0.5) is 0 Å². The molecule has 6 heteroatoms. The van der Waals surface area contributed by atoms with Crippen LogP contribution in [0.5, 0.6) is 0 Å². The van der Waals surface area contributed by atoms with Gasteiger partial charge in [0.15, 0.2) is 0 Å². The molecule has 0 aliphatic heterocycles. The van der Waals surface area contributed by atoms with E-state index in [1.165, 1.54) is 0 Å². The normalized spacial score (nSPS) is 17.2. The molecule has 1 amide bonds. The lowest BCUT2D eigenvalue weighted by Crippen LogP contribution is -2.40. The number of pyridine rings is 1. The third kappa shape index (κ3) is 4.52. The second-order valence-corrected chi connectivity index (χ2v) is 6.47.